The Bertz CT molecular complexity index is 931. The fraction of sp³-hybridized carbons (Fsp3) is 0.143. The van der Waals surface area contributed by atoms with Crippen LogP contribution in [0.15, 0.2) is 78.9 Å². The number of para-hydroxylation sites is 2. The van der Waals surface area contributed by atoms with Crippen LogP contribution < -0.4 is 4.74 Å². The van der Waals surface area contributed by atoms with Gasteiger partial charge in [0.05, 0.1) is 0 Å². The lowest BCUT2D eigenvalue weighted by Gasteiger charge is -2.43. The summed E-state index contributed by atoms with van der Waals surface area (Å²) in [6.45, 7) is 0. The highest BCUT2D eigenvalue weighted by molar-refractivity contribution is 7.55. The van der Waals surface area contributed by atoms with Crippen molar-refractivity contribution in [2.45, 2.75) is 5.16 Å². The van der Waals surface area contributed by atoms with Crippen LogP contribution in [0.2, 0.25) is 0 Å². The first-order valence-electron chi connectivity index (χ1n) is 8.31. The Balaban J connectivity index is 2.21. The zero-order chi connectivity index (χ0) is 18.2. The summed E-state index contributed by atoms with van der Waals surface area (Å²) in [7, 11) is -0.802. The summed E-state index contributed by atoms with van der Waals surface area (Å²) in [5.41, 5.74) is 2.35. The van der Waals surface area contributed by atoms with Crippen molar-refractivity contribution in [3.8, 4) is 11.5 Å². The molecule has 0 atom stereocenters. The maximum Gasteiger partial charge on any atom is 0.349 e. The molecule has 0 aliphatic carbocycles. The molecule has 0 N–H and O–H groups in total. The topological polar surface area (TPSA) is 44.8 Å². The Morgan fingerprint density at radius 2 is 1.19 bits per heavy atom. The summed E-state index contributed by atoms with van der Waals surface area (Å²) < 4.78 is 31.3. The molecule has 3 aromatic rings. The zero-order valence-corrected chi connectivity index (χ0v) is 15.5. The van der Waals surface area contributed by atoms with E-state index in [1.165, 1.54) is 14.2 Å². The van der Waals surface area contributed by atoms with Gasteiger partial charge in [0, 0.05) is 25.3 Å². The van der Waals surface area contributed by atoms with E-state index in [1.807, 2.05) is 78.9 Å². The van der Waals surface area contributed by atoms with Crippen LogP contribution in [0.1, 0.15) is 16.7 Å². The predicted octanol–water partition coefficient (Wildman–Crippen LogP) is 5.57. The molecular formula is C21H19O4P. The maximum absolute atomic E-state index is 14.1. The fourth-order valence-electron chi connectivity index (χ4n) is 3.76. The van der Waals surface area contributed by atoms with Gasteiger partial charge in [0.1, 0.15) is 11.5 Å². The summed E-state index contributed by atoms with van der Waals surface area (Å²) in [5, 5.41) is -1.12. The van der Waals surface area contributed by atoms with Gasteiger partial charge in [0.2, 0.25) is 0 Å². The average molecular weight is 366 g/mol. The molecule has 0 saturated heterocycles. The van der Waals surface area contributed by atoms with Crippen LogP contribution in [0.25, 0.3) is 0 Å². The number of hydrogen-bond acceptors (Lipinski definition) is 4. The van der Waals surface area contributed by atoms with Crippen LogP contribution in [-0.2, 0) is 18.8 Å². The van der Waals surface area contributed by atoms with Gasteiger partial charge in [-0.2, -0.15) is 0 Å². The smallest absolute Gasteiger partial charge is 0.349 e. The van der Waals surface area contributed by atoms with Crippen LogP contribution in [0.5, 0.6) is 11.5 Å². The molecule has 0 spiro atoms. The van der Waals surface area contributed by atoms with E-state index in [4.69, 9.17) is 13.8 Å². The second-order valence-corrected chi connectivity index (χ2v) is 8.43. The minimum Gasteiger partial charge on any atom is -0.457 e. The van der Waals surface area contributed by atoms with E-state index in [-0.39, 0.29) is 0 Å². The molecule has 1 aliphatic rings. The summed E-state index contributed by atoms with van der Waals surface area (Å²) in [4.78, 5) is 0. The largest absolute Gasteiger partial charge is 0.457 e. The van der Waals surface area contributed by atoms with Gasteiger partial charge >= 0.3 is 7.60 Å². The first-order valence-corrected chi connectivity index (χ1v) is 9.85. The maximum atomic E-state index is 14.1. The Kier molecular flexibility index (Phi) is 4.20. The normalized spacial score (nSPS) is 14.8. The SMILES string of the molecule is COP(=O)(OC)C1(c2ccccc2)c2ccccc2Oc2ccccc21. The van der Waals surface area contributed by atoms with Crippen molar-refractivity contribution in [2.75, 3.05) is 14.2 Å². The molecule has 1 heterocycles. The minimum atomic E-state index is -3.65. The molecule has 0 aromatic heterocycles. The predicted molar refractivity (Wildman–Crippen MR) is 101 cm³/mol. The van der Waals surface area contributed by atoms with E-state index >= 15 is 0 Å². The van der Waals surface area contributed by atoms with Crippen molar-refractivity contribution < 1.29 is 18.3 Å². The molecule has 0 radical (unpaired) electrons. The van der Waals surface area contributed by atoms with Gasteiger partial charge in [-0.05, 0) is 17.7 Å². The van der Waals surface area contributed by atoms with Gasteiger partial charge in [-0.25, -0.2) is 0 Å². The Morgan fingerprint density at radius 1 is 0.731 bits per heavy atom. The zero-order valence-electron chi connectivity index (χ0n) is 14.6. The third-order valence-electron chi connectivity index (χ3n) is 4.86. The Morgan fingerprint density at radius 3 is 1.69 bits per heavy atom. The monoisotopic (exact) mass is 366 g/mol. The number of hydrogen-bond donors (Lipinski definition) is 0. The van der Waals surface area contributed by atoms with Crippen molar-refractivity contribution >= 4 is 7.60 Å². The van der Waals surface area contributed by atoms with E-state index in [9.17, 15) is 4.57 Å². The third kappa shape index (κ3) is 2.20. The average Bonchev–Trinajstić information content (AvgIpc) is 2.72. The van der Waals surface area contributed by atoms with Crippen LogP contribution >= 0.6 is 7.60 Å². The molecule has 26 heavy (non-hydrogen) atoms. The molecule has 0 bridgehead atoms. The van der Waals surface area contributed by atoms with E-state index in [1.54, 1.807) is 0 Å². The highest BCUT2D eigenvalue weighted by Crippen LogP contribution is 2.73. The quantitative estimate of drug-likeness (QED) is 0.566. The lowest BCUT2D eigenvalue weighted by atomic mass is 9.81. The fourth-order valence-corrected chi connectivity index (χ4v) is 5.89. The van der Waals surface area contributed by atoms with E-state index in [2.05, 4.69) is 0 Å². The van der Waals surface area contributed by atoms with E-state index in [0.717, 1.165) is 16.7 Å². The van der Waals surface area contributed by atoms with Crippen molar-refractivity contribution in [1.29, 1.82) is 0 Å². The van der Waals surface area contributed by atoms with Crippen molar-refractivity contribution in [3.63, 3.8) is 0 Å². The summed E-state index contributed by atoms with van der Waals surface area (Å²) in [5.74, 6) is 1.29. The summed E-state index contributed by atoms with van der Waals surface area (Å²) >= 11 is 0. The van der Waals surface area contributed by atoms with Gasteiger partial charge < -0.3 is 13.8 Å². The van der Waals surface area contributed by atoms with Crippen molar-refractivity contribution in [2.24, 2.45) is 0 Å². The highest BCUT2D eigenvalue weighted by Gasteiger charge is 2.58. The molecular weight excluding hydrogens is 347 g/mol. The van der Waals surface area contributed by atoms with Crippen LogP contribution in [0.3, 0.4) is 0 Å². The van der Waals surface area contributed by atoms with E-state index in [0.29, 0.717) is 11.5 Å². The van der Waals surface area contributed by atoms with E-state index < -0.39 is 12.8 Å². The second kappa shape index (κ2) is 6.40. The molecule has 132 valence electrons. The number of ether oxygens (including phenoxy) is 1. The molecule has 0 fully saturated rings. The first kappa shape index (κ1) is 17.0. The Hall–Kier alpha value is -2.39. The lowest BCUT2D eigenvalue weighted by Crippen LogP contribution is -2.34. The molecule has 3 aromatic carbocycles. The van der Waals surface area contributed by atoms with Crippen LogP contribution in [0.4, 0.5) is 0 Å². The van der Waals surface area contributed by atoms with Crippen molar-refractivity contribution in [3.05, 3.63) is 95.6 Å². The second-order valence-electron chi connectivity index (χ2n) is 6.03. The summed E-state index contributed by atoms with van der Waals surface area (Å²) in [6, 6.07) is 24.9. The standard InChI is InChI=1S/C21H19O4P/c1-23-26(22,24-2)21(16-10-4-3-5-11-16)17-12-6-8-14-19(17)25-20-15-9-7-13-18(20)21/h3-15H,1-2H3. The number of rotatable bonds is 4. The van der Waals surface area contributed by atoms with Gasteiger partial charge in [-0.1, -0.05) is 66.7 Å². The van der Waals surface area contributed by atoms with Crippen LogP contribution in [0, 0.1) is 0 Å². The van der Waals surface area contributed by atoms with Crippen LogP contribution in [-0.4, -0.2) is 14.2 Å². The summed E-state index contributed by atoms with van der Waals surface area (Å²) in [6.07, 6.45) is 0. The third-order valence-corrected chi connectivity index (χ3v) is 7.38. The number of fused-ring (bicyclic) bond motifs is 2. The molecule has 4 rings (SSSR count). The van der Waals surface area contributed by atoms with Gasteiger partial charge in [0.15, 0.2) is 5.16 Å². The molecule has 0 amide bonds. The molecule has 0 saturated carbocycles. The highest BCUT2D eigenvalue weighted by atomic mass is 31.2. The van der Waals surface area contributed by atoms with Gasteiger partial charge in [-0.15, -0.1) is 0 Å². The van der Waals surface area contributed by atoms with Gasteiger partial charge in [-0.3, -0.25) is 4.57 Å². The van der Waals surface area contributed by atoms with Gasteiger partial charge in [0.25, 0.3) is 0 Å². The minimum absolute atomic E-state index is 0.643. The first-order chi connectivity index (χ1) is 12.7. The molecule has 0 unspecified atom stereocenters. The molecule has 4 nitrogen and oxygen atoms in total. The molecule has 5 heteroatoms. The van der Waals surface area contributed by atoms with Crippen molar-refractivity contribution in [1.82, 2.24) is 0 Å². The lowest BCUT2D eigenvalue weighted by molar-refractivity contribution is 0.255. The number of benzene rings is 3. The molecule has 1 aliphatic heterocycles. The Labute approximate surface area is 152 Å².